The summed E-state index contributed by atoms with van der Waals surface area (Å²) in [5, 5.41) is 3.31. The second-order valence-corrected chi connectivity index (χ2v) is 6.48. The van der Waals surface area contributed by atoms with Crippen molar-refractivity contribution in [2.75, 3.05) is 11.9 Å². The van der Waals surface area contributed by atoms with Crippen LogP contribution in [0.5, 0.6) is 0 Å². The maximum Gasteiger partial charge on any atom is 0.341 e. The summed E-state index contributed by atoms with van der Waals surface area (Å²) in [6, 6.07) is 7.39. The summed E-state index contributed by atoms with van der Waals surface area (Å²) in [6.45, 7) is -0.543. The zero-order valence-corrected chi connectivity index (χ0v) is 15.5. The van der Waals surface area contributed by atoms with E-state index in [9.17, 15) is 9.59 Å². The summed E-state index contributed by atoms with van der Waals surface area (Å²) >= 11 is 29.3. The molecule has 2 rings (SSSR count). The van der Waals surface area contributed by atoms with E-state index in [4.69, 9.17) is 62.7 Å². The number of hydrogen-bond donors (Lipinski definition) is 1. The Labute approximate surface area is 162 Å². The summed E-state index contributed by atoms with van der Waals surface area (Å²) in [5.74, 6) is -1.44. The summed E-state index contributed by atoms with van der Waals surface area (Å²) in [6.07, 6.45) is 0. The molecule has 24 heavy (non-hydrogen) atoms. The van der Waals surface area contributed by atoms with Gasteiger partial charge in [0.2, 0.25) is 0 Å². The van der Waals surface area contributed by atoms with Gasteiger partial charge in [0.25, 0.3) is 5.91 Å². The zero-order valence-electron chi connectivity index (χ0n) is 11.7. The second kappa shape index (κ2) is 8.28. The molecule has 0 aliphatic heterocycles. The second-order valence-electron chi connectivity index (χ2n) is 4.47. The van der Waals surface area contributed by atoms with Crippen LogP contribution in [0.4, 0.5) is 5.69 Å². The van der Waals surface area contributed by atoms with E-state index in [1.165, 1.54) is 24.3 Å². The number of esters is 1. The van der Waals surface area contributed by atoms with Gasteiger partial charge in [-0.3, -0.25) is 4.79 Å². The Morgan fingerprint density at radius 3 is 2.17 bits per heavy atom. The molecule has 2 aromatic rings. The summed E-state index contributed by atoms with van der Waals surface area (Å²) in [7, 11) is 0. The molecule has 0 bridgehead atoms. The van der Waals surface area contributed by atoms with Crippen LogP contribution < -0.4 is 5.32 Å². The lowest BCUT2D eigenvalue weighted by atomic mass is 10.2. The molecule has 2 aromatic carbocycles. The van der Waals surface area contributed by atoms with Gasteiger partial charge < -0.3 is 10.1 Å². The van der Waals surface area contributed by atoms with Crippen molar-refractivity contribution in [1.82, 2.24) is 0 Å². The van der Waals surface area contributed by atoms with Gasteiger partial charge in [-0.15, -0.1) is 0 Å². The first-order valence-electron chi connectivity index (χ1n) is 6.35. The van der Waals surface area contributed by atoms with E-state index < -0.39 is 18.5 Å². The quantitative estimate of drug-likeness (QED) is 0.499. The normalized spacial score (nSPS) is 10.4. The Balaban J connectivity index is 2.00. The van der Waals surface area contributed by atoms with Gasteiger partial charge in [0, 0.05) is 5.69 Å². The van der Waals surface area contributed by atoms with Crippen LogP contribution in [0, 0.1) is 0 Å². The molecule has 0 spiro atoms. The van der Waals surface area contributed by atoms with Crippen molar-refractivity contribution in [3.63, 3.8) is 0 Å². The monoisotopic (exact) mass is 425 g/mol. The summed E-state index contributed by atoms with van der Waals surface area (Å²) < 4.78 is 4.90. The molecule has 0 radical (unpaired) electrons. The molecular weight excluding hydrogens is 419 g/mol. The summed E-state index contributed by atoms with van der Waals surface area (Å²) in [4.78, 5) is 23.9. The number of amides is 1. The van der Waals surface area contributed by atoms with Crippen LogP contribution in [0.1, 0.15) is 10.4 Å². The third-order valence-corrected chi connectivity index (χ3v) is 4.64. The lowest BCUT2D eigenvalue weighted by molar-refractivity contribution is -0.119. The Bertz CT molecular complexity index is 810. The fourth-order valence-electron chi connectivity index (χ4n) is 1.69. The van der Waals surface area contributed by atoms with Gasteiger partial charge in [0.05, 0.1) is 30.7 Å². The fourth-order valence-corrected chi connectivity index (χ4v) is 2.67. The lowest BCUT2D eigenvalue weighted by Gasteiger charge is -2.10. The van der Waals surface area contributed by atoms with Crippen molar-refractivity contribution in [2.45, 2.75) is 0 Å². The zero-order chi connectivity index (χ0) is 17.9. The molecule has 0 saturated heterocycles. The Morgan fingerprint density at radius 2 is 1.50 bits per heavy atom. The average Bonchev–Trinajstić information content (AvgIpc) is 2.53. The molecule has 0 heterocycles. The molecule has 0 atom stereocenters. The van der Waals surface area contributed by atoms with E-state index in [0.29, 0.717) is 10.7 Å². The first kappa shape index (κ1) is 19.2. The highest BCUT2D eigenvalue weighted by atomic mass is 35.5. The van der Waals surface area contributed by atoms with Crippen molar-refractivity contribution < 1.29 is 14.3 Å². The molecule has 0 unspecified atom stereocenters. The van der Waals surface area contributed by atoms with Crippen LogP contribution >= 0.6 is 58.0 Å². The molecule has 0 aliphatic carbocycles. The smallest absolute Gasteiger partial charge is 0.341 e. The number of carbonyl (C=O) groups is 2. The highest BCUT2D eigenvalue weighted by molar-refractivity contribution is 6.46. The van der Waals surface area contributed by atoms with Crippen molar-refractivity contribution in [3.8, 4) is 0 Å². The van der Waals surface area contributed by atoms with Crippen LogP contribution in [-0.4, -0.2) is 18.5 Å². The Kier molecular flexibility index (Phi) is 6.61. The number of hydrogen-bond acceptors (Lipinski definition) is 3. The molecule has 0 fully saturated rings. The third kappa shape index (κ3) is 4.68. The van der Waals surface area contributed by atoms with Crippen molar-refractivity contribution in [1.29, 1.82) is 0 Å². The van der Waals surface area contributed by atoms with E-state index in [1.807, 2.05) is 0 Å². The number of anilines is 1. The molecule has 9 heteroatoms. The van der Waals surface area contributed by atoms with E-state index in [0.717, 1.165) is 0 Å². The van der Waals surface area contributed by atoms with E-state index >= 15 is 0 Å². The molecule has 1 N–H and O–H groups in total. The minimum atomic E-state index is -0.864. The van der Waals surface area contributed by atoms with Gasteiger partial charge in [-0.05, 0) is 30.3 Å². The number of ether oxygens (including phenoxy) is 1. The van der Waals surface area contributed by atoms with Crippen LogP contribution in [0.2, 0.25) is 25.1 Å². The van der Waals surface area contributed by atoms with Crippen LogP contribution in [-0.2, 0) is 9.53 Å². The minimum absolute atomic E-state index is 0.0425. The van der Waals surface area contributed by atoms with Crippen molar-refractivity contribution in [3.05, 3.63) is 61.0 Å². The minimum Gasteiger partial charge on any atom is -0.452 e. The molecular formula is C15H8Cl5NO3. The molecule has 126 valence electrons. The van der Waals surface area contributed by atoms with Gasteiger partial charge in [-0.25, -0.2) is 4.79 Å². The number of rotatable bonds is 4. The molecule has 0 aliphatic rings. The first-order valence-corrected chi connectivity index (χ1v) is 8.24. The standard InChI is InChI=1S/C15H8Cl5NO3/c16-8-2-1-7(5-11(8)19)21-12(22)6-24-15(23)13-9(17)3-4-10(18)14(13)20/h1-5H,6H2,(H,21,22). The number of benzene rings is 2. The molecule has 0 saturated carbocycles. The van der Waals surface area contributed by atoms with Gasteiger partial charge >= 0.3 is 5.97 Å². The van der Waals surface area contributed by atoms with Gasteiger partial charge in [0.15, 0.2) is 6.61 Å². The highest BCUT2D eigenvalue weighted by Gasteiger charge is 2.19. The largest absolute Gasteiger partial charge is 0.452 e. The summed E-state index contributed by atoms with van der Waals surface area (Å²) in [5.41, 5.74) is 0.303. The predicted molar refractivity (Wildman–Crippen MR) is 96.8 cm³/mol. The van der Waals surface area contributed by atoms with Crippen LogP contribution in [0.15, 0.2) is 30.3 Å². The van der Waals surface area contributed by atoms with Gasteiger partial charge in [0.1, 0.15) is 0 Å². The van der Waals surface area contributed by atoms with Crippen molar-refractivity contribution in [2.24, 2.45) is 0 Å². The van der Waals surface area contributed by atoms with E-state index in [1.54, 1.807) is 6.07 Å². The SMILES string of the molecule is O=C(COC(=O)c1c(Cl)ccc(Cl)c1Cl)Nc1ccc(Cl)c(Cl)c1. The lowest BCUT2D eigenvalue weighted by Crippen LogP contribution is -2.21. The number of halogens is 5. The predicted octanol–water partition coefficient (Wildman–Crippen LogP) is 5.75. The van der Waals surface area contributed by atoms with Crippen LogP contribution in [0.3, 0.4) is 0 Å². The highest BCUT2D eigenvalue weighted by Crippen LogP contribution is 2.32. The topological polar surface area (TPSA) is 55.4 Å². The van der Waals surface area contributed by atoms with E-state index in [-0.39, 0.29) is 25.7 Å². The van der Waals surface area contributed by atoms with Gasteiger partial charge in [-0.1, -0.05) is 58.0 Å². The molecule has 1 amide bonds. The number of nitrogens with one attached hydrogen (secondary N) is 1. The Hall–Kier alpha value is -1.17. The van der Waals surface area contributed by atoms with Crippen LogP contribution in [0.25, 0.3) is 0 Å². The maximum absolute atomic E-state index is 12.0. The molecule has 0 aromatic heterocycles. The Morgan fingerprint density at radius 1 is 0.875 bits per heavy atom. The fraction of sp³-hybridized carbons (Fsp3) is 0.0667. The molecule has 4 nitrogen and oxygen atoms in total. The van der Waals surface area contributed by atoms with Crippen molar-refractivity contribution >= 4 is 75.6 Å². The number of carbonyl (C=O) groups excluding carboxylic acids is 2. The first-order chi connectivity index (χ1) is 11.3. The van der Waals surface area contributed by atoms with E-state index in [2.05, 4.69) is 5.32 Å². The average molecular weight is 427 g/mol. The maximum atomic E-state index is 12.0. The van der Waals surface area contributed by atoms with Gasteiger partial charge in [-0.2, -0.15) is 0 Å². The third-order valence-electron chi connectivity index (χ3n) is 2.79.